The van der Waals surface area contributed by atoms with Gasteiger partial charge < -0.3 is 20.1 Å². The van der Waals surface area contributed by atoms with Crippen molar-refractivity contribution in [1.82, 2.24) is 25.1 Å². The van der Waals surface area contributed by atoms with Crippen molar-refractivity contribution in [2.45, 2.75) is 39.3 Å². The van der Waals surface area contributed by atoms with Gasteiger partial charge in [-0.2, -0.15) is 0 Å². The van der Waals surface area contributed by atoms with Crippen LogP contribution in [-0.2, 0) is 11.3 Å². The Hall–Kier alpha value is -2.05. The number of aliphatic imine (C=N–C) groups is 1. The van der Waals surface area contributed by atoms with Crippen LogP contribution in [-0.4, -0.2) is 58.5 Å². The van der Waals surface area contributed by atoms with Crippen molar-refractivity contribution >= 4 is 11.9 Å². The molecule has 22 heavy (non-hydrogen) atoms. The molecule has 1 aliphatic rings. The second kappa shape index (κ2) is 8.41. The van der Waals surface area contributed by atoms with Crippen LogP contribution in [0.4, 0.5) is 0 Å². The molecule has 1 aromatic heterocycles. The molecule has 1 amide bonds. The standard InChI is InChI=1S/C15H26N6O/c1-3-14(22)21-8-5-13(11-21)19-15(17-4-2)18-7-10-20-9-6-16-12-20/h6,9,12-13H,3-5,7-8,10-11H2,1-2H3,(H2,17,18,19). The number of rotatable bonds is 6. The molecule has 0 aliphatic carbocycles. The van der Waals surface area contributed by atoms with Gasteiger partial charge in [0.2, 0.25) is 5.91 Å². The molecule has 0 spiro atoms. The molecule has 1 fully saturated rings. The highest BCUT2D eigenvalue weighted by Gasteiger charge is 2.25. The van der Waals surface area contributed by atoms with Gasteiger partial charge in [0.05, 0.1) is 12.9 Å². The predicted molar refractivity (Wildman–Crippen MR) is 86.6 cm³/mol. The number of nitrogens with one attached hydrogen (secondary N) is 2. The van der Waals surface area contributed by atoms with Gasteiger partial charge in [-0.05, 0) is 13.3 Å². The van der Waals surface area contributed by atoms with Crippen molar-refractivity contribution in [3.05, 3.63) is 18.7 Å². The Balaban J connectivity index is 1.82. The Kier molecular flexibility index (Phi) is 6.24. The maximum absolute atomic E-state index is 11.7. The van der Waals surface area contributed by atoms with E-state index >= 15 is 0 Å². The molecule has 0 bridgehead atoms. The minimum Gasteiger partial charge on any atom is -0.357 e. The van der Waals surface area contributed by atoms with Crippen LogP contribution >= 0.6 is 0 Å². The molecule has 1 atom stereocenters. The molecule has 2 N–H and O–H groups in total. The number of nitrogens with zero attached hydrogens (tertiary/aromatic N) is 4. The van der Waals surface area contributed by atoms with Crippen LogP contribution in [0.25, 0.3) is 0 Å². The lowest BCUT2D eigenvalue weighted by Crippen LogP contribution is -2.45. The Morgan fingerprint density at radius 1 is 1.45 bits per heavy atom. The highest BCUT2D eigenvalue weighted by molar-refractivity contribution is 5.80. The molecule has 0 aromatic carbocycles. The predicted octanol–water partition coefficient (Wildman–Crippen LogP) is 0.449. The van der Waals surface area contributed by atoms with Crippen LogP contribution < -0.4 is 10.6 Å². The monoisotopic (exact) mass is 306 g/mol. The molecule has 7 nitrogen and oxygen atoms in total. The Morgan fingerprint density at radius 3 is 3.00 bits per heavy atom. The zero-order valence-corrected chi connectivity index (χ0v) is 13.5. The third-order valence-electron chi connectivity index (χ3n) is 3.72. The largest absolute Gasteiger partial charge is 0.357 e. The van der Waals surface area contributed by atoms with Gasteiger partial charge >= 0.3 is 0 Å². The maximum atomic E-state index is 11.7. The quantitative estimate of drug-likeness (QED) is 0.591. The summed E-state index contributed by atoms with van der Waals surface area (Å²) >= 11 is 0. The topological polar surface area (TPSA) is 74.6 Å². The molecule has 1 aromatic rings. The lowest BCUT2D eigenvalue weighted by atomic mass is 10.3. The van der Waals surface area contributed by atoms with E-state index in [1.807, 2.05) is 22.6 Å². The molecule has 2 heterocycles. The normalized spacial score (nSPS) is 18.5. The van der Waals surface area contributed by atoms with E-state index in [-0.39, 0.29) is 11.9 Å². The van der Waals surface area contributed by atoms with E-state index in [1.54, 1.807) is 12.5 Å². The van der Waals surface area contributed by atoms with Crippen molar-refractivity contribution < 1.29 is 4.79 Å². The van der Waals surface area contributed by atoms with Gasteiger partial charge in [0.15, 0.2) is 5.96 Å². The van der Waals surface area contributed by atoms with Gasteiger partial charge in [0, 0.05) is 51.0 Å². The summed E-state index contributed by atoms with van der Waals surface area (Å²) in [5.41, 5.74) is 0. The third-order valence-corrected chi connectivity index (χ3v) is 3.72. The van der Waals surface area contributed by atoms with Gasteiger partial charge in [0.1, 0.15) is 0 Å². The van der Waals surface area contributed by atoms with Gasteiger partial charge in [-0.25, -0.2) is 4.98 Å². The van der Waals surface area contributed by atoms with Crippen LogP contribution in [0.1, 0.15) is 26.7 Å². The molecule has 122 valence electrons. The average molecular weight is 306 g/mol. The van der Waals surface area contributed by atoms with E-state index in [0.717, 1.165) is 38.6 Å². The second-order valence-electron chi connectivity index (χ2n) is 5.38. The third kappa shape index (κ3) is 4.75. The van der Waals surface area contributed by atoms with Gasteiger partial charge in [0.25, 0.3) is 0 Å². The summed E-state index contributed by atoms with van der Waals surface area (Å²) in [6, 6.07) is 0.279. The molecule has 0 saturated carbocycles. The molecule has 0 radical (unpaired) electrons. The minimum atomic E-state index is 0.228. The fourth-order valence-corrected chi connectivity index (χ4v) is 2.54. The summed E-state index contributed by atoms with van der Waals surface area (Å²) in [7, 11) is 0. The number of hydrogen-bond acceptors (Lipinski definition) is 3. The lowest BCUT2D eigenvalue weighted by molar-refractivity contribution is -0.129. The van der Waals surface area contributed by atoms with Crippen LogP contribution in [0.3, 0.4) is 0 Å². The van der Waals surface area contributed by atoms with Crippen molar-refractivity contribution in [1.29, 1.82) is 0 Å². The Bertz CT molecular complexity index is 484. The molecule has 7 heteroatoms. The Morgan fingerprint density at radius 2 is 2.32 bits per heavy atom. The van der Waals surface area contributed by atoms with E-state index in [1.165, 1.54) is 0 Å². The van der Waals surface area contributed by atoms with E-state index in [2.05, 4.69) is 27.5 Å². The summed E-state index contributed by atoms with van der Waals surface area (Å²) in [5, 5.41) is 6.68. The first kappa shape index (κ1) is 16.3. The van der Waals surface area contributed by atoms with Gasteiger partial charge in [-0.15, -0.1) is 0 Å². The van der Waals surface area contributed by atoms with Crippen molar-refractivity contribution in [2.75, 3.05) is 26.2 Å². The highest BCUT2D eigenvalue weighted by atomic mass is 16.2. The van der Waals surface area contributed by atoms with Gasteiger partial charge in [-0.3, -0.25) is 9.79 Å². The highest BCUT2D eigenvalue weighted by Crippen LogP contribution is 2.10. The average Bonchev–Trinajstić information content (AvgIpc) is 3.18. The SMILES string of the molecule is CCNC(=NCCn1ccnc1)NC1CCN(C(=O)CC)C1. The number of imidazole rings is 1. The summed E-state index contributed by atoms with van der Waals surface area (Å²) in [6.45, 7) is 7.87. The number of guanidine groups is 1. The molecule has 1 saturated heterocycles. The number of likely N-dealkylation sites (tertiary alicyclic amines) is 1. The first-order valence-electron chi connectivity index (χ1n) is 8.01. The zero-order valence-electron chi connectivity index (χ0n) is 13.5. The fraction of sp³-hybridized carbons (Fsp3) is 0.667. The van der Waals surface area contributed by atoms with E-state index in [9.17, 15) is 4.79 Å². The van der Waals surface area contributed by atoms with E-state index in [0.29, 0.717) is 13.0 Å². The number of hydrogen-bond donors (Lipinski definition) is 2. The van der Waals surface area contributed by atoms with E-state index in [4.69, 9.17) is 0 Å². The molecule has 1 unspecified atom stereocenters. The van der Waals surface area contributed by atoms with Crippen LogP contribution in [0, 0.1) is 0 Å². The second-order valence-corrected chi connectivity index (χ2v) is 5.38. The summed E-state index contributed by atoms with van der Waals surface area (Å²) in [6.07, 6.45) is 7.04. The number of carbonyl (C=O) groups is 1. The van der Waals surface area contributed by atoms with Crippen LogP contribution in [0.15, 0.2) is 23.7 Å². The number of amides is 1. The van der Waals surface area contributed by atoms with Crippen molar-refractivity contribution in [3.8, 4) is 0 Å². The first-order chi connectivity index (χ1) is 10.7. The summed E-state index contributed by atoms with van der Waals surface area (Å²) < 4.78 is 2.00. The minimum absolute atomic E-state index is 0.228. The van der Waals surface area contributed by atoms with E-state index < -0.39 is 0 Å². The van der Waals surface area contributed by atoms with Gasteiger partial charge in [-0.1, -0.05) is 6.92 Å². The number of carbonyl (C=O) groups excluding carboxylic acids is 1. The smallest absolute Gasteiger partial charge is 0.222 e. The zero-order chi connectivity index (χ0) is 15.8. The van der Waals surface area contributed by atoms with Crippen LogP contribution in [0.2, 0.25) is 0 Å². The molecular weight excluding hydrogens is 280 g/mol. The summed E-state index contributed by atoms with van der Waals surface area (Å²) in [4.78, 5) is 22.2. The number of aromatic nitrogens is 2. The fourth-order valence-electron chi connectivity index (χ4n) is 2.54. The van der Waals surface area contributed by atoms with Crippen molar-refractivity contribution in [2.24, 2.45) is 4.99 Å². The molecule has 2 rings (SSSR count). The van der Waals surface area contributed by atoms with Crippen molar-refractivity contribution in [3.63, 3.8) is 0 Å². The lowest BCUT2D eigenvalue weighted by Gasteiger charge is -2.18. The first-order valence-corrected chi connectivity index (χ1v) is 8.01. The molecular formula is C15H26N6O. The molecule has 1 aliphatic heterocycles. The van der Waals surface area contributed by atoms with Crippen LogP contribution in [0.5, 0.6) is 0 Å². The summed E-state index contributed by atoms with van der Waals surface area (Å²) in [5.74, 6) is 1.05. The maximum Gasteiger partial charge on any atom is 0.222 e. The Labute approximate surface area is 131 Å².